The van der Waals surface area contributed by atoms with Gasteiger partial charge < -0.3 is 0 Å². The molecule has 0 unspecified atom stereocenters. The molecule has 0 aromatic heterocycles. The summed E-state index contributed by atoms with van der Waals surface area (Å²) >= 11 is 12.1. The first-order valence-electron chi connectivity index (χ1n) is 7.66. The monoisotopic (exact) mass is 409 g/mol. The fourth-order valence-electron chi connectivity index (χ4n) is 2.50. The van der Waals surface area contributed by atoms with Crippen molar-refractivity contribution in [3.8, 4) is 0 Å². The fraction of sp³-hybridized carbons (Fsp3) is 0.0526. The molecular weight excluding hydrogens is 396 g/mol. The Bertz CT molecular complexity index is 1040. The summed E-state index contributed by atoms with van der Waals surface area (Å²) < 4.78 is 41.8. The average molecular weight is 410 g/mol. The molecule has 3 rings (SSSR count). The number of hydrogen-bond acceptors (Lipinski definition) is 2. The summed E-state index contributed by atoms with van der Waals surface area (Å²) in [6.45, 7) is -0.194. The van der Waals surface area contributed by atoms with Crippen LogP contribution in [0.1, 0.15) is 5.56 Å². The van der Waals surface area contributed by atoms with Crippen molar-refractivity contribution in [3.63, 3.8) is 0 Å². The largest absolute Gasteiger partial charge is 0.266 e. The van der Waals surface area contributed by atoms with Gasteiger partial charge in [0.2, 0.25) is 0 Å². The van der Waals surface area contributed by atoms with Gasteiger partial charge in [0.15, 0.2) is 0 Å². The number of sulfonamides is 1. The Morgan fingerprint density at radius 1 is 0.885 bits per heavy atom. The molecule has 3 nitrogen and oxygen atoms in total. The van der Waals surface area contributed by atoms with Crippen LogP contribution in [0.5, 0.6) is 0 Å². The smallest absolute Gasteiger partial charge is 0.262 e. The van der Waals surface area contributed by atoms with E-state index in [0.717, 1.165) is 4.31 Å². The molecular formula is C19H14Cl2FNO2S. The van der Waals surface area contributed by atoms with E-state index in [1.165, 1.54) is 30.3 Å². The van der Waals surface area contributed by atoms with Crippen molar-refractivity contribution in [3.05, 3.63) is 94.2 Å². The van der Waals surface area contributed by atoms with Gasteiger partial charge in [0.05, 0.1) is 17.3 Å². The molecule has 0 bridgehead atoms. The second kappa shape index (κ2) is 7.66. The highest BCUT2D eigenvalue weighted by molar-refractivity contribution is 7.93. The summed E-state index contributed by atoms with van der Waals surface area (Å²) in [7, 11) is -4.04. The molecule has 26 heavy (non-hydrogen) atoms. The van der Waals surface area contributed by atoms with Gasteiger partial charge in [-0.25, -0.2) is 12.8 Å². The van der Waals surface area contributed by atoms with Gasteiger partial charge in [-0.05, 0) is 36.4 Å². The molecule has 0 atom stereocenters. The van der Waals surface area contributed by atoms with E-state index in [9.17, 15) is 12.8 Å². The van der Waals surface area contributed by atoms with Crippen LogP contribution in [0, 0.1) is 5.82 Å². The van der Waals surface area contributed by atoms with Crippen molar-refractivity contribution in [2.24, 2.45) is 0 Å². The lowest BCUT2D eigenvalue weighted by atomic mass is 10.2. The van der Waals surface area contributed by atoms with Crippen LogP contribution in [0.4, 0.5) is 10.1 Å². The van der Waals surface area contributed by atoms with Crippen molar-refractivity contribution >= 4 is 38.9 Å². The SMILES string of the molecule is O=S(=O)(c1ccccc1Cl)N(Cc1ccccc1F)c1cccc(Cl)c1. The molecule has 0 heterocycles. The number of nitrogens with zero attached hydrogens (tertiary/aromatic N) is 1. The highest BCUT2D eigenvalue weighted by atomic mass is 35.5. The highest BCUT2D eigenvalue weighted by Gasteiger charge is 2.28. The molecule has 134 valence electrons. The zero-order valence-electron chi connectivity index (χ0n) is 13.4. The van der Waals surface area contributed by atoms with Gasteiger partial charge in [0.1, 0.15) is 10.7 Å². The molecule has 3 aromatic carbocycles. The van der Waals surface area contributed by atoms with Crippen LogP contribution in [0.3, 0.4) is 0 Å². The summed E-state index contributed by atoms with van der Waals surface area (Å²) in [6.07, 6.45) is 0. The van der Waals surface area contributed by atoms with Gasteiger partial charge in [0, 0.05) is 10.6 Å². The standard InChI is InChI=1S/C19H14Cl2FNO2S/c20-15-7-5-8-16(12-15)23(13-14-6-1-3-10-18(14)22)26(24,25)19-11-4-2-9-17(19)21/h1-12H,13H2. The van der Waals surface area contributed by atoms with Crippen molar-refractivity contribution in [1.82, 2.24) is 0 Å². The molecule has 0 saturated carbocycles. The molecule has 0 aliphatic carbocycles. The minimum Gasteiger partial charge on any atom is -0.262 e. The minimum atomic E-state index is -4.04. The second-order valence-electron chi connectivity index (χ2n) is 5.51. The van der Waals surface area contributed by atoms with E-state index in [4.69, 9.17) is 23.2 Å². The molecule has 0 aliphatic rings. The van der Waals surface area contributed by atoms with Crippen LogP contribution >= 0.6 is 23.2 Å². The van der Waals surface area contributed by atoms with Crippen LogP contribution in [-0.4, -0.2) is 8.42 Å². The molecule has 7 heteroatoms. The number of anilines is 1. The van der Waals surface area contributed by atoms with Gasteiger partial charge in [-0.1, -0.05) is 59.6 Å². The first-order chi connectivity index (χ1) is 12.4. The Morgan fingerprint density at radius 2 is 1.58 bits per heavy atom. The number of halogens is 3. The minimum absolute atomic E-state index is 0.0574. The van der Waals surface area contributed by atoms with E-state index in [-0.39, 0.29) is 22.0 Å². The lowest BCUT2D eigenvalue weighted by molar-refractivity contribution is 0.585. The van der Waals surface area contributed by atoms with Crippen molar-refractivity contribution in [2.45, 2.75) is 11.4 Å². The lowest BCUT2D eigenvalue weighted by Crippen LogP contribution is -2.31. The quantitative estimate of drug-likeness (QED) is 0.555. The lowest BCUT2D eigenvalue weighted by Gasteiger charge is -2.25. The first-order valence-corrected chi connectivity index (χ1v) is 9.85. The molecule has 0 amide bonds. The van der Waals surface area contributed by atoms with Crippen molar-refractivity contribution in [2.75, 3.05) is 4.31 Å². The number of benzene rings is 3. The maximum atomic E-state index is 14.1. The fourth-order valence-corrected chi connectivity index (χ4v) is 4.62. The summed E-state index contributed by atoms with van der Waals surface area (Å²) in [5, 5.41) is 0.462. The Morgan fingerprint density at radius 3 is 2.27 bits per heavy atom. The summed E-state index contributed by atoms with van der Waals surface area (Å²) in [6, 6.07) is 18.5. The predicted octanol–water partition coefficient (Wildman–Crippen LogP) is 5.53. The van der Waals surface area contributed by atoms with E-state index in [1.54, 1.807) is 42.5 Å². The van der Waals surface area contributed by atoms with Crippen LogP contribution in [0.15, 0.2) is 77.7 Å². The second-order valence-corrected chi connectivity index (χ2v) is 8.19. The van der Waals surface area contributed by atoms with Crippen LogP contribution in [0.25, 0.3) is 0 Å². The molecule has 0 N–H and O–H groups in total. The van der Waals surface area contributed by atoms with Gasteiger partial charge in [-0.15, -0.1) is 0 Å². The zero-order valence-corrected chi connectivity index (χ0v) is 15.8. The van der Waals surface area contributed by atoms with Crippen LogP contribution in [-0.2, 0) is 16.6 Å². The third-order valence-electron chi connectivity index (χ3n) is 3.77. The molecule has 0 fully saturated rings. The Hall–Kier alpha value is -2.08. The third kappa shape index (κ3) is 3.85. The molecule has 0 spiro atoms. The Kier molecular flexibility index (Phi) is 5.51. The third-order valence-corrected chi connectivity index (χ3v) is 6.28. The zero-order chi connectivity index (χ0) is 18.7. The average Bonchev–Trinajstić information content (AvgIpc) is 2.61. The van der Waals surface area contributed by atoms with Crippen molar-refractivity contribution in [1.29, 1.82) is 0 Å². The van der Waals surface area contributed by atoms with E-state index >= 15 is 0 Å². The summed E-state index contributed by atoms with van der Waals surface area (Å²) in [4.78, 5) is -0.0574. The van der Waals surface area contributed by atoms with Crippen molar-refractivity contribution < 1.29 is 12.8 Å². The molecule has 0 aliphatic heterocycles. The number of hydrogen-bond donors (Lipinski definition) is 0. The predicted molar refractivity (Wildman–Crippen MR) is 103 cm³/mol. The van der Waals surface area contributed by atoms with Gasteiger partial charge >= 0.3 is 0 Å². The van der Waals surface area contributed by atoms with Crippen LogP contribution in [0.2, 0.25) is 10.0 Å². The van der Waals surface area contributed by atoms with Gasteiger partial charge in [-0.2, -0.15) is 0 Å². The van der Waals surface area contributed by atoms with Gasteiger partial charge in [0.25, 0.3) is 10.0 Å². The molecule has 0 radical (unpaired) electrons. The van der Waals surface area contributed by atoms with Crippen LogP contribution < -0.4 is 4.31 Å². The summed E-state index contributed by atoms with van der Waals surface area (Å²) in [5.41, 5.74) is 0.559. The molecule has 3 aromatic rings. The summed E-state index contributed by atoms with van der Waals surface area (Å²) in [5.74, 6) is -0.492. The maximum absolute atomic E-state index is 14.1. The van der Waals surface area contributed by atoms with E-state index < -0.39 is 15.8 Å². The normalized spacial score (nSPS) is 11.3. The topological polar surface area (TPSA) is 37.4 Å². The maximum Gasteiger partial charge on any atom is 0.266 e. The van der Waals surface area contributed by atoms with E-state index in [1.807, 2.05) is 0 Å². The Labute approximate surface area is 161 Å². The highest BCUT2D eigenvalue weighted by Crippen LogP contribution is 2.31. The van der Waals surface area contributed by atoms with E-state index in [2.05, 4.69) is 0 Å². The Balaban J connectivity index is 2.15. The van der Waals surface area contributed by atoms with E-state index in [0.29, 0.717) is 10.7 Å². The van der Waals surface area contributed by atoms with Gasteiger partial charge in [-0.3, -0.25) is 4.31 Å². The first kappa shape index (κ1) is 18.7. The molecule has 0 saturated heterocycles. The number of rotatable bonds is 5.